The SMILES string of the molecule is CC(=O)c1ccc(OCCCC2CC3(CCN(C(=O)NC4(C)CC4)CC3)C2)cc1F.CCCCC. The minimum absolute atomic E-state index is 0.0527. The Labute approximate surface area is 211 Å². The second kappa shape index (κ2) is 12.2. The molecule has 1 aromatic rings. The molecule has 2 aliphatic carbocycles. The molecule has 1 aliphatic heterocycles. The highest BCUT2D eigenvalue weighted by Gasteiger charge is 2.46. The molecular formula is C29H45FN2O3. The van der Waals surface area contributed by atoms with Crippen molar-refractivity contribution in [2.75, 3.05) is 19.7 Å². The zero-order valence-electron chi connectivity index (χ0n) is 22.3. The molecule has 35 heavy (non-hydrogen) atoms. The summed E-state index contributed by atoms with van der Waals surface area (Å²) >= 11 is 0. The standard InChI is InChI=1S/C24H33FN2O3.C5H12/c1-17(28)20-6-5-19(14-21(20)25)30-13-3-4-18-15-24(16-18)9-11-27(12-10-24)22(29)26-23(2)7-8-23;1-3-5-4-2/h5-6,14,18H,3-4,7-13,15-16H2,1-2H3,(H,26,29);3-5H2,1-2H3. The van der Waals surface area contributed by atoms with Crippen molar-refractivity contribution in [2.24, 2.45) is 11.3 Å². The second-order valence-corrected chi connectivity index (χ2v) is 11.3. The molecule has 0 radical (unpaired) electrons. The van der Waals surface area contributed by atoms with Crippen LogP contribution in [-0.4, -0.2) is 41.9 Å². The van der Waals surface area contributed by atoms with Crippen LogP contribution in [0.2, 0.25) is 0 Å². The highest BCUT2D eigenvalue weighted by molar-refractivity contribution is 5.94. The van der Waals surface area contributed by atoms with Crippen LogP contribution in [0.15, 0.2) is 18.2 Å². The van der Waals surface area contributed by atoms with E-state index in [1.54, 1.807) is 6.07 Å². The molecule has 1 N–H and O–H groups in total. The van der Waals surface area contributed by atoms with Gasteiger partial charge in [0.1, 0.15) is 11.6 Å². The third-order valence-corrected chi connectivity index (χ3v) is 8.02. The minimum Gasteiger partial charge on any atom is -0.493 e. The molecule has 5 nitrogen and oxygen atoms in total. The number of urea groups is 1. The number of likely N-dealkylation sites (tertiary alicyclic amines) is 1. The van der Waals surface area contributed by atoms with Crippen LogP contribution in [0.4, 0.5) is 9.18 Å². The molecule has 3 aliphatic rings. The Bertz CT molecular complexity index is 849. The third-order valence-electron chi connectivity index (χ3n) is 8.02. The van der Waals surface area contributed by atoms with Gasteiger partial charge in [-0.05, 0) is 88.7 Å². The number of hydrogen-bond acceptors (Lipinski definition) is 3. The van der Waals surface area contributed by atoms with Crippen LogP contribution in [0, 0.1) is 17.2 Å². The topological polar surface area (TPSA) is 58.6 Å². The van der Waals surface area contributed by atoms with Gasteiger partial charge in [0, 0.05) is 24.7 Å². The first-order valence-electron chi connectivity index (χ1n) is 13.7. The van der Waals surface area contributed by atoms with Gasteiger partial charge in [0.2, 0.25) is 0 Å². The van der Waals surface area contributed by atoms with Gasteiger partial charge in [-0.3, -0.25) is 4.79 Å². The number of rotatable bonds is 9. The summed E-state index contributed by atoms with van der Waals surface area (Å²) in [5.41, 5.74) is 0.599. The predicted molar refractivity (Wildman–Crippen MR) is 138 cm³/mol. The summed E-state index contributed by atoms with van der Waals surface area (Å²) in [6.45, 7) is 10.2. The quantitative estimate of drug-likeness (QED) is 0.297. The number of nitrogens with one attached hydrogen (secondary N) is 1. The second-order valence-electron chi connectivity index (χ2n) is 11.3. The van der Waals surface area contributed by atoms with Gasteiger partial charge < -0.3 is 15.0 Å². The van der Waals surface area contributed by atoms with E-state index in [1.165, 1.54) is 51.2 Å². The van der Waals surface area contributed by atoms with Crippen LogP contribution in [0.25, 0.3) is 0 Å². The smallest absolute Gasteiger partial charge is 0.317 e. The monoisotopic (exact) mass is 488 g/mol. The van der Waals surface area contributed by atoms with E-state index in [0.717, 1.165) is 57.5 Å². The average Bonchev–Trinajstić information content (AvgIpc) is 3.53. The largest absolute Gasteiger partial charge is 0.493 e. The van der Waals surface area contributed by atoms with Crippen molar-refractivity contribution in [3.05, 3.63) is 29.6 Å². The molecule has 1 saturated heterocycles. The maximum Gasteiger partial charge on any atom is 0.317 e. The molecule has 2 saturated carbocycles. The molecule has 1 spiro atoms. The first-order chi connectivity index (χ1) is 16.7. The van der Waals surface area contributed by atoms with Crippen LogP contribution >= 0.6 is 0 Å². The number of ketones is 1. The highest BCUT2D eigenvalue weighted by atomic mass is 19.1. The van der Waals surface area contributed by atoms with Crippen molar-refractivity contribution in [1.82, 2.24) is 10.2 Å². The number of unbranched alkanes of at least 4 members (excludes halogenated alkanes) is 2. The van der Waals surface area contributed by atoms with E-state index >= 15 is 0 Å². The van der Waals surface area contributed by atoms with E-state index in [2.05, 4.69) is 26.1 Å². The maximum atomic E-state index is 13.8. The number of halogens is 1. The summed E-state index contributed by atoms with van der Waals surface area (Å²) in [4.78, 5) is 25.6. The molecule has 4 rings (SSSR count). The van der Waals surface area contributed by atoms with Crippen LogP contribution < -0.4 is 10.1 Å². The number of hydrogen-bond donors (Lipinski definition) is 1. The molecule has 0 atom stereocenters. The van der Waals surface area contributed by atoms with E-state index in [4.69, 9.17) is 4.74 Å². The van der Waals surface area contributed by atoms with Crippen molar-refractivity contribution < 1.29 is 18.7 Å². The minimum atomic E-state index is -0.521. The summed E-state index contributed by atoms with van der Waals surface area (Å²) in [6, 6.07) is 4.56. The number of ether oxygens (including phenoxy) is 1. The van der Waals surface area contributed by atoms with Gasteiger partial charge >= 0.3 is 6.03 Å². The van der Waals surface area contributed by atoms with E-state index in [9.17, 15) is 14.0 Å². The van der Waals surface area contributed by atoms with Gasteiger partial charge in [-0.15, -0.1) is 0 Å². The van der Waals surface area contributed by atoms with Crippen LogP contribution in [0.5, 0.6) is 5.75 Å². The van der Waals surface area contributed by atoms with Crippen LogP contribution in [-0.2, 0) is 0 Å². The number of amides is 2. The molecular weight excluding hydrogens is 443 g/mol. The molecule has 0 aromatic heterocycles. The lowest BCUT2D eigenvalue weighted by molar-refractivity contribution is -0.00871. The first kappa shape index (κ1) is 27.5. The van der Waals surface area contributed by atoms with Crippen molar-refractivity contribution >= 4 is 11.8 Å². The van der Waals surface area contributed by atoms with Crippen LogP contribution in [0.3, 0.4) is 0 Å². The van der Waals surface area contributed by atoms with Gasteiger partial charge in [0.15, 0.2) is 5.78 Å². The first-order valence-corrected chi connectivity index (χ1v) is 13.7. The van der Waals surface area contributed by atoms with Crippen LogP contribution in [0.1, 0.15) is 109 Å². The normalized spacial score (nSPS) is 19.9. The third kappa shape index (κ3) is 7.94. The predicted octanol–water partition coefficient (Wildman–Crippen LogP) is 7.14. The lowest BCUT2D eigenvalue weighted by atomic mass is 9.56. The summed E-state index contributed by atoms with van der Waals surface area (Å²) in [7, 11) is 0. The Morgan fingerprint density at radius 1 is 1.09 bits per heavy atom. The Balaban J connectivity index is 0.000000623. The zero-order chi connectivity index (χ0) is 25.5. The Kier molecular flexibility index (Phi) is 9.60. The lowest BCUT2D eigenvalue weighted by Gasteiger charge is -2.52. The van der Waals surface area contributed by atoms with E-state index in [-0.39, 0.29) is 22.9 Å². The number of benzene rings is 1. The van der Waals surface area contributed by atoms with Gasteiger partial charge in [0.05, 0.1) is 12.2 Å². The van der Waals surface area contributed by atoms with Gasteiger partial charge in [0.25, 0.3) is 0 Å². The van der Waals surface area contributed by atoms with Crippen molar-refractivity contribution in [2.45, 2.75) is 104 Å². The summed E-state index contributed by atoms with van der Waals surface area (Å²) in [5, 5.41) is 3.16. The van der Waals surface area contributed by atoms with Crippen molar-refractivity contribution in [3.63, 3.8) is 0 Å². The number of Topliss-reactive ketones (excluding diaryl/α,β-unsaturated/α-hetero) is 1. The number of carbonyl (C=O) groups is 2. The molecule has 3 fully saturated rings. The molecule has 2 amide bonds. The number of piperidine rings is 1. The van der Waals surface area contributed by atoms with E-state index in [0.29, 0.717) is 17.8 Å². The lowest BCUT2D eigenvalue weighted by Crippen LogP contribution is -2.52. The Morgan fingerprint density at radius 2 is 1.74 bits per heavy atom. The molecule has 0 bridgehead atoms. The van der Waals surface area contributed by atoms with Gasteiger partial charge in [-0.2, -0.15) is 0 Å². The highest BCUT2D eigenvalue weighted by Crippen LogP contribution is 2.54. The fourth-order valence-electron chi connectivity index (χ4n) is 5.40. The van der Waals surface area contributed by atoms with E-state index in [1.807, 2.05) is 4.90 Å². The average molecular weight is 489 g/mol. The maximum absolute atomic E-state index is 13.8. The van der Waals surface area contributed by atoms with Gasteiger partial charge in [-0.1, -0.05) is 33.1 Å². The molecule has 0 unspecified atom stereocenters. The van der Waals surface area contributed by atoms with E-state index < -0.39 is 5.82 Å². The molecule has 196 valence electrons. The Hall–Kier alpha value is -2.11. The zero-order valence-corrected chi connectivity index (χ0v) is 22.3. The number of nitrogens with zero attached hydrogens (tertiary/aromatic N) is 1. The molecule has 1 heterocycles. The van der Waals surface area contributed by atoms with Crippen molar-refractivity contribution in [3.8, 4) is 5.75 Å². The fourth-order valence-corrected chi connectivity index (χ4v) is 5.40. The summed E-state index contributed by atoms with van der Waals surface area (Å²) in [6.07, 6.45) is 13.1. The van der Waals surface area contributed by atoms with Gasteiger partial charge in [-0.25, -0.2) is 9.18 Å². The number of carbonyl (C=O) groups excluding carboxylic acids is 2. The molecule has 6 heteroatoms. The Morgan fingerprint density at radius 3 is 2.26 bits per heavy atom. The summed E-state index contributed by atoms with van der Waals surface area (Å²) < 4.78 is 19.5. The molecule has 1 aromatic carbocycles. The van der Waals surface area contributed by atoms with Crippen molar-refractivity contribution in [1.29, 1.82) is 0 Å². The fraction of sp³-hybridized carbons (Fsp3) is 0.724. The summed E-state index contributed by atoms with van der Waals surface area (Å²) in [5.74, 6) is 0.415.